The van der Waals surface area contributed by atoms with Gasteiger partial charge in [-0.3, -0.25) is 4.57 Å². The summed E-state index contributed by atoms with van der Waals surface area (Å²) >= 11 is 0. The summed E-state index contributed by atoms with van der Waals surface area (Å²) in [5, 5.41) is 0.261. The van der Waals surface area contributed by atoms with E-state index in [0.29, 0.717) is 11.3 Å². The Labute approximate surface area is 96.6 Å². The Bertz CT molecular complexity index is 681. The fraction of sp³-hybridized carbons (Fsp3) is 0.167. The van der Waals surface area contributed by atoms with Gasteiger partial charge in [-0.15, -0.1) is 6.58 Å². The van der Waals surface area contributed by atoms with E-state index in [2.05, 4.69) is 11.0 Å². The summed E-state index contributed by atoms with van der Waals surface area (Å²) in [6, 6.07) is 5.02. The second-order valence-corrected chi connectivity index (χ2v) is 3.41. The maximum Gasteiger partial charge on any atom is 0.422 e. The summed E-state index contributed by atoms with van der Waals surface area (Å²) in [5.41, 5.74) is -0.215. The predicted octanol–water partition coefficient (Wildman–Crippen LogP) is 1.15. The van der Waals surface area contributed by atoms with Crippen molar-refractivity contribution in [2.45, 2.75) is 6.54 Å². The van der Waals surface area contributed by atoms with Crippen molar-refractivity contribution in [3.63, 3.8) is 0 Å². The lowest BCUT2D eigenvalue weighted by Gasteiger charge is -2.08. The molecular weight excluding hydrogens is 222 g/mol. The lowest BCUT2D eigenvalue weighted by Crippen LogP contribution is -2.24. The highest BCUT2D eigenvalue weighted by atomic mass is 16.5. The van der Waals surface area contributed by atoms with Crippen molar-refractivity contribution in [2.75, 3.05) is 7.11 Å². The fourth-order valence-corrected chi connectivity index (χ4v) is 1.71. The van der Waals surface area contributed by atoms with Crippen molar-refractivity contribution in [1.29, 1.82) is 0 Å². The van der Waals surface area contributed by atoms with Gasteiger partial charge in [0.2, 0.25) is 0 Å². The number of allylic oxidation sites excluding steroid dienone is 1. The van der Waals surface area contributed by atoms with Crippen LogP contribution in [0.2, 0.25) is 0 Å². The van der Waals surface area contributed by atoms with Gasteiger partial charge in [-0.2, -0.15) is 0 Å². The van der Waals surface area contributed by atoms with Gasteiger partial charge >= 0.3 is 11.4 Å². The van der Waals surface area contributed by atoms with Crippen LogP contribution in [0.1, 0.15) is 0 Å². The third kappa shape index (κ3) is 1.75. The average Bonchev–Trinajstić information content (AvgIpc) is 2.33. The number of ether oxygens (including phenoxy) is 1. The minimum absolute atomic E-state index is 0.261. The van der Waals surface area contributed by atoms with E-state index >= 15 is 0 Å². The molecule has 0 fully saturated rings. The quantitative estimate of drug-likeness (QED) is 0.746. The molecule has 1 heterocycles. The molecule has 1 aromatic carbocycles. The summed E-state index contributed by atoms with van der Waals surface area (Å²) in [4.78, 5) is 23.2. The molecule has 0 N–H and O–H groups in total. The Kier molecular flexibility index (Phi) is 2.82. The number of aromatic nitrogens is 1. The highest BCUT2D eigenvalue weighted by Crippen LogP contribution is 2.20. The zero-order valence-corrected chi connectivity index (χ0v) is 9.30. The van der Waals surface area contributed by atoms with Crippen LogP contribution in [0, 0.1) is 0 Å². The number of benzene rings is 1. The lowest BCUT2D eigenvalue weighted by molar-refractivity contribution is 0.405. The average molecular weight is 233 g/mol. The van der Waals surface area contributed by atoms with Gasteiger partial charge in [-0.1, -0.05) is 12.1 Å². The Morgan fingerprint density at radius 1 is 1.47 bits per heavy atom. The van der Waals surface area contributed by atoms with Crippen LogP contribution in [-0.4, -0.2) is 11.7 Å². The molecule has 0 aliphatic rings. The lowest BCUT2D eigenvalue weighted by atomic mass is 10.2. The molecule has 0 bridgehead atoms. The van der Waals surface area contributed by atoms with Gasteiger partial charge in [0.15, 0.2) is 0 Å². The molecule has 5 heteroatoms. The van der Waals surface area contributed by atoms with Gasteiger partial charge in [-0.25, -0.2) is 9.59 Å². The van der Waals surface area contributed by atoms with E-state index in [1.807, 2.05) is 0 Å². The molecule has 0 atom stereocenters. The second kappa shape index (κ2) is 4.29. The fourth-order valence-electron chi connectivity index (χ4n) is 1.71. The van der Waals surface area contributed by atoms with Crippen LogP contribution in [0.5, 0.6) is 5.75 Å². The van der Waals surface area contributed by atoms with Gasteiger partial charge < -0.3 is 9.15 Å². The zero-order valence-electron chi connectivity index (χ0n) is 9.30. The van der Waals surface area contributed by atoms with Crippen molar-refractivity contribution in [1.82, 2.24) is 4.57 Å². The molecule has 5 nitrogen and oxygen atoms in total. The Balaban J connectivity index is 2.97. The van der Waals surface area contributed by atoms with Gasteiger partial charge in [0.05, 0.1) is 12.6 Å². The monoisotopic (exact) mass is 233 g/mol. The van der Waals surface area contributed by atoms with Crippen LogP contribution < -0.4 is 16.1 Å². The predicted molar refractivity (Wildman–Crippen MR) is 63.5 cm³/mol. The third-order valence-corrected chi connectivity index (χ3v) is 2.43. The molecule has 2 aromatic rings. The van der Waals surface area contributed by atoms with E-state index in [4.69, 9.17) is 4.74 Å². The minimum atomic E-state index is -0.698. The number of rotatable bonds is 3. The van der Waals surface area contributed by atoms with E-state index < -0.39 is 11.4 Å². The molecule has 88 valence electrons. The molecule has 0 amide bonds. The topological polar surface area (TPSA) is 61.4 Å². The first-order valence-corrected chi connectivity index (χ1v) is 5.00. The van der Waals surface area contributed by atoms with Crippen LogP contribution in [0.25, 0.3) is 10.9 Å². The molecule has 0 radical (unpaired) electrons. The highest BCUT2D eigenvalue weighted by molar-refractivity contribution is 5.84. The second-order valence-electron chi connectivity index (χ2n) is 3.41. The number of hydrogen-bond donors (Lipinski definition) is 0. The van der Waals surface area contributed by atoms with Crippen LogP contribution >= 0.6 is 0 Å². The molecule has 0 saturated heterocycles. The number of methoxy groups -OCH3 is 1. The number of nitrogens with zero attached hydrogens (tertiary/aromatic N) is 1. The summed E-state index contributed by atoms with van der Waals surface area (Å²) in [6.45, 7) is 3.83. The van der Waals surface area contributed by atoms with Crippen molar-refractivity contribution in [3.8, 4) is 5.75 Å². The first-order chi connectivity index (χ1) is 8.19. The normalized spacial score (nSPS) is 10.4. The van der Waals surface area contributed by atoms with Crippen molar-refractivity contribution < 1.29 is 9.15 Å². The first kappa shape index (κ1) is 11.2. The van der Waals surface area contributed by atoms with E-state index in [1.165, 1.54) is 11.7 Å². The smallest absolute Gasteiger partial charge is 0.422 e. The van der Waals surface area contributed by atoms with Crippen LogP contribution in [-0.2, 0) is 6.54 Å². The molecule has 17 heavy (non-hydrogen) atoms. The molecule has 0 unspecified atom stereocenters. The van der Waals surface area contributed by atoms with Crippen molar-refractivity contribution >= 4 is 10.9 Å². The Hall–Kier alpha value is -2.30. The van der Waals surface area contributed by atoms with Gasteiger partial charge in [0.25, 0.3) is 0 Å². The third-order valence-electron chi connectivity index (χ3n) is 2.43. The van der Waals surface area contributed by atoms with Gasteiger partial charge in [-0.05, 0) is 12.1 Å². The van der Waals surface area contributed by atoms with E-state index in [-0.39, 0.29) is 11.9 Å². The zero-order chi connectivity index (χ0) is 12.4. The molecule has 0 saturated carbocycles. The first-order valence-electron chi connectivity index (χ1n) is 5.00. The van der Waals surface area contributed by atoms with Crippen molar-refractivity contribution in [2.24, 2.45) is 0 Å². The van der Waals surface area contributed by atoms with Gasteiger partial charge in [0.1, 0.15) is 11.1 Å². The van der Waals surface area contributed by atoms with E-state index in [1.54, 1.807) is 24.3 Å². The van der Waals surface area contributed by atoms with Crippen LogP contribution in [0.15, 0.2) is 44.9 Å². The van der Waals surface area contributed by atoms with Crippen LogP contribution in [0.4, 0.5) is 0 Å². The number of hydrogen-bond acceptors (Lipinski definition) is 4. The standard InChI is InChI=1S/C12H11NO4/c1-3-7-13-8-5-4-6-9(16-2)10(8)11(14)17-12(13)15/h3-6H,1,7H2,2H3. The van der Waals surface area contributed by atoms with Crippen molar-refractivity contribution in [3.05, 3.63) is 51.8 Å². The maximum absolute atomic E-state index is 11.6. The molecule has 2 rings (SSSR count). The summed E-state index contributed by atoms with van der Waals surface area (Å²) in [7, 11) is 1.46. The maximum atomic E-state index is 11.6. The summed E-state index contributed by atoms with van der Waals surface area (Å²) in [5.74, 6) is -0.315. The minimum Gasteiger partial charge on any atom is -0.496 e. The van der Waals surface area contributed by atoms with Gasteiger partial charge in [0, 0.05) is 6.54 Å². The largest absolute Gasteiger partial charge is 0.496 e. The van der Waals surface area contributed by atoms with E-state index in [0.717, 1.165) is 0 Å². The molecular formula is C12H11NO4. The number of fused-ring (bicyclic) bond motifs is 1. The Morgan fingerprint density at radius 3 is 2.88 bits per heavy atom. The molecule has 0 aliphatic heterocycles. The van der Waals surface area contributed by atoms with Crippen LogP contribution in [0.3, 0.4) is 0 Å². The molecule has 0 spiro atoms. The Morgan fingerprint density at radius 2 is 2.24 bits per heavy atom. The van der Waals surface area contributed by atoms with E-state index in [9.17, 15) is 9.59 Å². The highest BCUT2D eigenvalue weighted by Gasteiger charge is 2.12. The summed E-state index contributed by atoms with van der Waals surface area (Å²) in [6.07, 6.45) is 1.56. The SMILES string of the molecule is C=CCn1c(=O)oc(=O)c2c(OC)cccc21. The molecule has 1 aromatic heterocycles. The molecule has 0 aliphatic carbocycles. The summed E-state index contributed by atoms with van der Waals surface area (Å²) < 4.78 is 11.0.